The van der Waals surface area contributed by atoms with Crippen molar-refractivity contribution in [1.29, 1.82) is 0 Å². The van der Waals surface area contributed by atoms with Gasteiger partial charge in [0.25, 0.3) is 5.69 Å². The van der Waals surface area contributed by atoms with Crippen LogP contribution in [0.25, 0.3) is 0 Å². The second-order valence-corrected chi connectivity index (χ2v) is 6.49. The Bertz CT molecular complexity index is 809. The lowest BCUT2D eigenvalue weighted by molar-refractivity contribution is -0.387. The summed E-state index contributed by atoms with van der Waals surface area (Å²) in [5, 5.41) is 11.0. The highest BCUT2D eigenvalue weighted by molar-refractivity contribution is 7.89. The van der Waals surface area contributed by atoms with Crippen LogP contribution in [-0.4, -0.2) is 13.3 Å². The number of benzene rings is 2. The molecule has 0 aliphatic rings. The molecule has 0 radical (unpaired) electrons. The van der Waals surface area contributed by atoms with Crippen molar-refractivity contribution >= 4 is 27.3 Å². The van der Waals surface area contributed by atoms with Crippen molar-refractivity contribution in [2.75, 3.05) is 0 Å². The van der Waals surface area contributed by atoms with Gasteiger partial charge in [-0.1, -0.05) is 23.7 Å². The minimum atomic E-state index is -4.11. The molecule has 0 amide bonds. The fourth-order valence-corrected chi connectivity index (χ4v) is 3.05. The predicted molar refractivity (Wildman–Crippen MR) is 78.5 cm³/mol. The molecule has 2 aromatic carbocycles. The summed E-state index contributed by atoms with van der Waals surface area (Å²) in [6.45, 7) is -0.123. The third kappa shape index (κ3) is 3.79. The quantitative estimate of drug-likeness (QED) is 0.667. The van der Waals surface area contributed by atoms with E-state index >= 15 is 0 Å². The monoisotopic (exact) mass is 344 g/mol. The van der Waals surface area contributed by atoms with E-state index in [1.54, 1.807) is 0 Å². The van der Waals surface area contributed by atoms with Crippen LogP contribution in [-0.2, 0) is 16.6 Å². The van der Waals surface area contributed by atoms with Gasteiger partial charge in [0.15, 0.2) is 4.90 Å². The maximum atomic E-state index is 12.8. The SMILES string of the molecule is O=[N+]([O-])c1cc(Cl)ccc1S(=O)(=O)NCc1ccc(F)cc1. The van der Waals surface area contributed by atoms with Crippen molar-refractivity contribution in [1.82, 2.24) is 4.72 Å². The Morgan fingerprint density at radius 3 is 2.41 bits per heavy atom. The summed E-state index contributed by atoms with van der Waals surface area (Å²) in [5.41, 5.74) is -0.0966. The fourth-order valence-electron chi connectivity index (χ4n) is 1.72. The third-order valence-corrected chi connectivity index (χ3v) is 4.47. The van der Waals surface area contributed by atoms with Crippen molar-refractivity contribution in [2.24, 2.45) is 0 Å². The van der Waals surface area contributed by atoms with Crippen LogP contribution in [0.5, 0.6) is 0 Å². The molecule has 0 spiro atoms. The molecular weight excluding hydrogens is 335 g/mol. The smallest absolute Gasteiger partial charge is 0.258 e. The van der Waals surface area contributed by atoms with Gasteiger partial charge in [0.2, 0.25) is 10.0 Å². The highest BCUT2D eigenvalue weighted by Gasteiger charge is 2.25. The molecule has 2 aromatic rings. The van der Waals surface area contributed by atoms with Crippen molar-refractivity contribution in [2.45, 2.75) is 11.4 Å². The van der Waals surface area contributed by atoms with E-state index < -0.39 is 31.3 Å². The molecule has 0 fully saturated rings. The number of nitrogens with one attached hydrogen (secondary N) is 1. The number of nitro groups is 1. The number of hydrogen-bond acceptors (Lipinski definition) is 4. The van der Waals surface area contributed by atoms with Crippen LogP contribution in [0.15, 0.2) is 47.4 Å². The Labute approximate surface area is 130 Å². The van der Waals surface area contributed by atoms with Crippen LogP contribution < -0.4 is 4.72 Å². The Kier molecular flexibility index (Phi) is 4.74. The number of hydrogen-bond donors (Lipinski definition) is 1. The lowest BCUT2D eigenvalue weighted by atomic mass is 10.2. The second-order valence-electron chi connectivity index (χ2n) is 4.32. The highest BCUT2D eigenvalue weighted by Crippen LogP contribution is 2.27. The van der Waals surface area contributed by atoms with Gasteiger partial charge in [0.05, 0.1) is 4.92 Å². The van der Waals surface area contributed by atoms with Crippen LogP contribution in [0.2, 0.25) is 5.02 Å². The molecule has 0 saturated heterocycles. The fraction of sp³-hybridized carbons (Fsp3) is 0.0769. The largest absolute Gasteiger partial charge is 0.290 e. The zero-order chi connectivity index (χ0) is 16.3. The van der Waals surface area contributed by atoms with Gasteiger partial charge in [-0.2, -0.15) is 0 Å². The first-order valence-electron chi connectivity index (χ1n) is 5.97. The van der Waals surface area contributed by atoms with Crippen molar-refractivity contribution < 1.29 is 17.7 Å². The molecule has 1 N–H and O–H groups in total. The molecule has 116 valence electrons. The minimum Gasteiger partial charge on any atom is -0.258 e. The summed E-state index contributed by atoms with van der Waals surface area (Å²) in [4.78, 5) is 9.64. The molecule has 0 heterocycles. The van der Waals surface area contributed by atoms with Crippen molar-refractivity contribution in [3.63, 3.8) is 0 Å². The zero-order valence-electron chi connectivity index (χ0n) is 11.0. The number of nitrogens with zero attached hydrogens (tertiary/aromatic N) is 1. The van der Waals surface area contributed by atoms with Gasteiger partial charge in [-0.05, 0) is 29.8 Å². The summed E-state index contributed by atoms with van der Waals surface area (Å²) in [6, 6.07) is 8.48. The van der Waals surface area contributed by atoms with Crippen LogP contribution in [0.3, 0.4) is 0 Å². The van der Waals surface area contributed by atoms with Crippen LogP contribution in [0.1, 0.15) is 5.56 Å². The van der Waals surface area contributed by atoms with E-state index in [1.165, 1.54) is 30.3 Å². The molecule has 2 rings (SSSR count). The minimum absolute atomic E-state index is 0.0594. The van der Waals surface area contributed by atoms with E-state index in [0.29, 0.717) is 5.56 Å². The maximum Gasteiger partial charge on any atom is 0.290 e. The van der Waals surface area contributed by atoms with Gasteiger partial charge in [-0.15, -0.1) is 0 Å². The third-order valence-electron chi connectivity index (χ3n) is 2.79. The molecule has 0 aliphatic carbocycles. The normalized spacial score (nSPS) is 11.4. The first-order chi connectivity index (χ1) is 10.3. The standard InChI is InChI=1S/C13H10ClFN2O4S/c14-10-3-6-13(12(7-10)17(18)19)22(20,21)16-8-9-1-4-11(15)5-2-9/h1-7,16H,8H2. The average molecular weight is 345 g/mol. The van der Waals surface area contributed by atoms with Crippen LogP contribution in [0.4, 0.5) is 10.1 Å². The lowest BCUT2D eigenvalue weighted by Crippen LogP contribution is -2.24. The van der Waals surface area contributed by atoms with Gasteiger partial charge in [0.1, 0.15) is 5.82 Å². The Balaban J connectivity index is 2.27. The van der Waals surface area contributed by atoms with E-state index in [4.69, 9.17) is 11.6 Å². The summed E-state index contributed by atoms with van der Waals surface area (Å²) in [7, 11) is -4.11. The average Bonchev–Trinajstić information content (AvgIpc) is 2.46. The van der Waals surface area contributed by atoms with Gasteiger partial charge in [-0.3, -0.25) is 10.1 Å². The van der Waals surface area contributed by atoms with Crippen molar-refractivity contribution in [3.05, 3.63) is 69.0 Å². The van der Waals surface area contributed by atoms with Crippen molar-refractivity contribution in [3.8, 4) is 0 Å². The summed E-state index contributed by atoms with van der Waals surface area (Å²) >= 11 is 5.64. The zero-order valence-corrected chi connectivity index (χ0v) is 12.6. The molecule has 0 aliphatic heterocycles. The number of sulfonamides is 1. The molecular formula is C13H10ClFN2O4S. The van der Waals surface area contributed by atoms with E-state index in [1.807, 2.05) is 0 Å². The molecule has 0 unspecified atom stereocenters. The number of halogens is 2. The number of nitro benzene ring substituents is 1. The lowest BCUT2D eigenvalue weighted by Gasteiger charge is -2.07. The van der Waals surface area contributed by atoms with Gasteiger partial charge < -0.3 is 0 Å². The topological polar surface area (TPSA) is 89.3 Å². The van der Waals surface area contributed by atoms with Gasteiger partial charge in [0, 0.05) is 17.6 Å². The van der Waals surface area contributed by atoms with E-state index in [2.05, 4.69) is 4.72 Å². The Hall–Kier alpha value is -2.03. The highest BCUT2D eigenvalue weighted by atomic mass is 35.5. The molecule has 22 heavy (non-hydrogen) atoms. The first kappa shape index (κ1) is 16.3. The second kappa shape index (κ2) is 6.39. The summed E-state index contributed by atoms with van der Waals surface area (Å²) in [6.07, 6.45) is 0. The van der Waals surface area contributed by atoms with E-state index in [-0.39, 0.29) is 11.6 Å². The summed E-state index contributed by atoms with van der Waals surface area (Å²) < 4.78 is 39.4. The number of rotatable bonds is 5. The molecule has 0 bridgehead atoms. The molecule has 0 aromatic heterocycles. The molecule has 6 nitrogen and oxygen atoms in total. The molecule has 0 saturated carbocycles. The van der Waals surface area contributed by atoms with Gasteiger partial charge in [-0.25, -0.2) is 17.5 Å². The maximum absolute atomic E-state index is 12.8. The predicted octanol–water partition coefficient (Wildman–Crippen LogP) is 2.87. The first-order valence-corrected chi connectivity index (χ1v) is 7.84. The van der Waals surface area contributed by atoms with E-state index in [0.717, 1.165) is 12.1 Å². The van der Waals surface area contributed by atoms with Crippen LogP contribution >= 0.6 is 11.6 Å². The molecule has 9 heteroatoms. The molecule has 0 atom stereocenters. The van der Waals surface area contributed by atoms with Gasteiger partial charge >= 0.3 is 0 Å². The van der Waals surface area contributed by atoms with E-state index in [9.17, 15) is 22.9 Å². The Morgan fingerprint density at radius 1 is 1.18 bits per heavy atom. The Morgan fingerprint density at radius 2 is 1.82 bits per heavy atom. The summed E-state index contributed by atoms with van der Waals surface area (Å²) in [5.74, 6) is -0.444. The van der Waals surface area contributed by atoms with Crippen LogP contribution in [0, 0.1) is 15.9 Å².